The van der Waals surface area contributed by atoms with E-state index < -0.39 is 11.5 Å². The van der Waals surface area contributed by atoms with Crippen LogP contribution in [0.3, 0.4) is 0 Å². The molecule has 0 aliphatic carbocycles. The topological polar surface area (TPSA) is 95.9 Å². The third-order valence-corrected chi connectivity index (χ3v) is 3.37. The molecule has 0 radical (unpaired) electrons. The average Bonchev–Trinajstić information content (AvgIpc) is 2.43. The van der Waals surface area contributed by atoms with Crippen molar-refractivity contribution in [2.24, 2.45) is 0 Å². The highest BCUT2D eigenvalue weighted by Crippen LogP contribution is 2.12. The Morgan fingerprint density at radius 2 is 1.76 bits per heavy atom. The molecule has 0 aromatic carbocycles. The van der Waals surface area contributed by atoms with Crippen LogP contribution < -0.4 is 5.32 Å². The Balaban J connectivity index is 2.29. The Bertz CT molecular complexity index is 389. The number of nitrogens with one attached hydrogen (secondary N) is 1. The minimum atomic E-state index is -0.889. The molecule has 0 aromatic rings. The number of morpholine rings is 1. The molecule has 1 aliphatic heterocycles. The highest BCUT2D eigenvalue weighted by Gasteiger charge is 2.23. The number of carboxylic acids is 1. The van der Waals surface area contributed by atoms with Gasteiger partial charge in [-0.15, -0.1) is 0 Å². The Kier molecular flexibility index (Phi) is 6.61. The zero-order valence-electron chi connectivity index (χ0n) is 12.7. The Morgan fingerprint density at radius 1 is 1.14 bits per heavy atom. The summed E-state index contributed by atoms with van der Waals surface area (Å²) >= 11 is 0. The van der Waals surface area contributed by atoms with Gasteiger partial charge < -0.3 is 20.1 Å². The van der Waals surface area contributed by atoms with Crippen LogP contribution in [-0.2, 0) is 19.1 Å². The number of ether oxygens (including phenoxy) is 1. The normalized spacial score (nSPS) is 15.6. The third kappa shape index (κ3) is 7.08. The number of carboxylic acid groups (broad SMARTS) is 1. The molecule has 7 nitrogen and oxygen atoms in total. The molecule has 2 N–H and O–H groups in total. The molecule has 7 heteroatoms. The summed E-state index contributed by atoms with van der Waals surface area (Å²) in [5, 5.41) is 11.4. The highest BCUT2D eigenvalue weighted by atomic mass is 16.5. The first-order valence-corrected chi connectivity index (χ1v) is 7.18. The second-order valence-electron chi connectivity index (χ2n) is 5.82. The number of carbonyl (C=O) groups excluding carboxylic acids is 2. The summed E-state index contributed by atoms with van der Waals surface area (Å²) in [7, 11) is 0. The summed E-state index contributed by atoms with van der Waals surface area (Å²) in [5.41, 5.74) is -0.586. The van der Waals surface area contributed by atoms with Gasteiger partial charge in [-0.25, -0.2) is 0 Å². The molecule has 1 aliphatic rings. The maximum atomic E-state index is 11.9. The molecule has 1 heterocycles. The molecule has 21 heavy (non-hydrogen) atoms. The van der Waals surface area contributed by atoms with Gasteiger partial charge in [-0.3, -0.25) is 14.4 Å². The quantitative estimate of drug-likeness (QED) is 0.709. The van der Waals surface area contributed by atoms with Crippen molar-refractivity contribution in [2.75, 3.05) is 26.3 Å². The fourth-order valence-corrected chi connectivity index (χ4v) is 2.11. The molecule has 1 saturated heterocycles. The molecular formula is C14H24N2O5. The van der Waals surface area contributed by atoms with Gasteiger partial charge in [-0.1, -0.05) is 0 Å². The molecule has 0 unspecified atom stereocenters. The number of hydrogen-bond acceptors (Lipinski definition) is 4. The van der Waals surface area contributed by atoms with Gasteiger partial charge in [0.2, 0.25) is 11.8 Å². The number of amides is 2. The fraction of sp³-hybridized carbons (Fsp3) is 0.786. The zero-order valence-corrected chi connectivity index (χ0v) is 12.7. The number of nitrogens with zero attached hydrogens (tertiary/aromatic N) is 1. The van der Waals surface area contributed by atoms with Crippen LogP contribution in [0.15, 0.2) is 0 Å². The Hall–Kier alpha value is -1.63. The summed E-state index contributed by atoms with van der Waals surface area (Å²) in [6.45, 7) is 5.78. The molecule has 1 rings (SSSR count). The lowest BCUT2D eigenvalue weighted by Crippen LogP contribution is -2.44. The first-order valence-electron chi connectivity index (χ1n) is 7.18. The number of aliphatic carboxylic acids is 1. The third-order valence-electron chi connectivity index (χ3n) is 3.37. The van der Waals surface area contributed by atoms with E-state index in [9.17, 15) is 14.4 Å². The largest absolute Gasteiger partial charge is 0.481 e. The SMILES string of the molecule is CC(C)(CCC(=O)O)NC(=O)CCC(=O)N1CCOCC1. The van der Waals surface area contributed by atoms with Gasteiger partial charge in [0.1, 0.15) is 0 Å². The summed E-state index contributed by atoms with van der Waals surface area (Å²) in [5.74, 6) is -1.16. The molecule has 0 aromatic heterocycles. The molecule has 0 atom stereocenters. The zero-order chi connectivity index (χ0) is 15.9. The van der Waals surface area contributed by atoms with Crippen molar-refractivity contribution in [1.82, 2.24) is 10.2 Å². The van der Waals surface area contributed by atoms with Gasteiger partial charge in [0.25, 0.3) is 0 Å². The number of hydrogen-bond donors (Lipinski definition) is 2. The summed E-state index contributed by atoms with van der Waals surface area (Å²) in [6, 6.07) is 0. The van der Waals surface area contributed by atoms with E-state index >= 15 is 0 Å². The van der Waals surface area contributed by atoms with E-state index in [2.05, 4.69) is 5.32 Å². The van der Waals surface area contributed by atoms with Crippen molar-refractivity contribution in [3.63, 3.8) is 0 Å². The van der Waals surface area contributed by atoms with Crippen molar-refractivity contribution < 1.29 is 24.2 Å². The molecule has 0 spiro atoms. The van der Waals surface area contributed by atoms with E-state index in [0.717, 1.165) is 0 Å². The maximum Gasteiger partial charge on any atom is 0.303 e. The average molecular weight is 300 g/mol. The fourth-order valence-electron chi connectivity index (χ4n) is 2.11. The van der Waals surface area contributed by atoms with Gasteiger partial charge >= 0.3 is 5.97 Å². The van der Waals surface area contributed by atoms with Crippen molar-refractivity contribution in [3.8, 4) is 0 Å². The van der Waals surface area contributed by atoms with Crippen molar-refractivity contribution in [2.45, 2.75) is 45.1 Å². The summed E-state index contributed by atoms with van der Waals surface area (Å²) < 4.78 is 5.17. The van der Waals surface area contributed by atoms with Crippen LogP contribution >= 0.6 is 0 Å². The monoisotopic (exact) mass is 300 g/mol. The van der Waals surface area contributed by atoms with Crippen LogP contribution in [0.1, 0.15) is 39.5 Å². The van der Waals surface area contributed by atoms with Gasteiger partial charge in [0.15, 0.2) is 0 Å². The van der Waals surface area contributed by atoms with Crippen LogP contribution in [0, 0.1) is 0 Å². The number of carbonyl (C=O) groups is 3. The van der Waals surface area contributed by atoms with E-state index in [0.29, 0.717) is 32.7 Å². The van der Waals surface area contributed by atoms with Crippen LogP contribution in [0.2, 0.25) is 0 Å². The Labute approximate surface area is 124 Å². The smallest absolute Gasteiger partial charge is 0.303 e. The second kappa shape index (κ2) is 7.97. The van der Waals surface area contributed by atoms with Crippen molar-refractivity contribution in [3.05, 3.63) is 0 Å². The predicted octanol–water partition coefficient (Wildman–Crippen LogP) is 0.385. The van der Waals surface area contributed by atoms with Gasteiger partial charge in [0.05, 0.1) is 13.2 Å². The van der Waals surface area contributed by atoms with Crippen molar-refractivity contribution >= 4 is 17.8 Å². The van der Waals surface area contributed by atoms with E-state index in [-0.39, 0.29) is 31.1 Å². The van der Waals surface area contributed by atoms with Gasteiger partial charge in [0, 0.05) is 37.9 Å². The van der Waals surface area contributed by atoms with E-state index in [1.165, 1.54) is 0 Å². The maximum absolute atomic E-state index is 11.9. The van der Waals surface area contributed by atoms with Crippen LogP contribution in [0.5, 0.6) is 0 Å². The molecule has 0 saturated carbocycles. The van der Waals surface area contributed by atoms with E-state index in [1.807, 2.05) is 0 Å². The first-order chi connectivity index (χ1) is 9.80. The van der Waals surface area contributed by atoms with E-state index in [1.54, 1.807) is 18.7 Å². The van der Waals surface area contributed by atoms with Crippen molar-refractivity contribution in [1.29, 1.82) is 0 Å². The highest BCUT2D eigenvalue weighted by molar-refractivity contribution is 5.84. The summed E-state index contributed by atoms with van der Waals surface area (Å²) in [6.07, 6.45) is 0.638. The standard InChI is InChI=1S/C14H24N2O5/c1-14(2,6-5-13(19)20)15-11(17)3-4-12(18)16-7-9-21-10-8-16/h3-10H2,1-2H3,(H,15,17)(H,19,20). The minimum absolute atomic E-state index is 0.0000116. The molecular weight excluding hydrogens is 276 g/mol. The van der Waals surface area contributed by atoms with Gasteiger partial charge in [-0.05, 0) is 20.3 Å². The second-order valence-corrected chi connectivity index (χ2v) is 5.82. The molecule has 120 valence electrons. The summed E-state index contributed by atoms with van der Waals surface area (Å²) in [4.78, 5) is 36.0. The molecule has 1 fully saturated rings. The number of rotatable bonds is 7. The van der Waals surface area contributed by atoms with Crippen LogP contribution in [0.25, 0.3) is 0 Å². The lowest BCUT2D eigenvalue weighted by atomic mass is 9.98. The molecule has 0 bridgehead atoms. The first kappa shape index (κ1) is 17.4. The Morgan fingerprint density at radius 3 is 2.33 bits per heavy atom. The predicted molar refractivity (Wildman–Crippen MR) is 75.7 cm³/mol. The minimum Gasteiger partial charge on any atom is -0.481 e. The molecule has 2 amide bonds. The van der Waals surface area contributed by atoms with Crippen LogP contribution in [0.4, 0.5) is 0 Å². The lowest BCUT2D eigenvalue weighted by Gasteiger charge is -2.28. The van der Waals surface area contributed by atoms with Gasteiger partial charge in [-0.2, -0.15) is 0 Å². The van der Waals surface area contributed by atoms with E-state index in [4.69, 9.17) is 9.84 Å². The van der Waals surface area contributed by atoms with Crippen LogP contribution in [-0.4, -0.2) is 59.6 Å². The lowest BCUT2D eigenvalue weighted by molar-refractivity contribution is -0.138.